The first kappa shape index (κ1) is 24.6. The molecule has 0 aliphatic carbocycles. The molecule has 7 nitrogen and oxygen atoms in total. The van der Waals surface area contributed by atoms with Gasteiger partial charge < -0.3 is 19.7 Å². The predicted molar refractivity (Wildman–Crippen MR) is 134 cm³/mol. The van der Waals surface area contributed by atoms with Crippen molar-refractivity contribution >= 4 is 29.5 Å². The van der Waals surface area contributed by atoms with E-state index in [4.69, 9.17) is 9.47 Å². The number of thioether (sulfide) groups is 1. The number of rotatable bonds is 9. The molecule has 8 heteroatoms. The molecule has 0 bridgehead atoms. The van der Waals surface area contributed by atoms with Crippen LogP contribution in [0.5, 0.6) is 5.75 Å². The van der Waals surface area contributed by atoms with Gasteiger partial charge >= 0.3 is 5.97 Å². The summed E-state index contributed by atoms with van der Waals surface area (Å²) in [6.45, 7) is 5.91. The van der Waals surface area contributed by atoms with Gasteiger partial charge in [-0.05, 0) is 47.6 Å². The van der Waals surface area contributed by atoms with Gasteiger partial charge in [-0.2, -0.15) is 0 Å². The second-order valence-corrected chi connectivity index (χ2v) is 9.66. The normalized spacial score (nSPS) is 20.7. The number of amides is 2. The fraction of sp³-hybridized carbons (Fsp3) is 0.296. The third-order valence-electron chi connectivity index (χ3n) is 5.86. The zero-order valence-electron chi connectivity index (χ0n) is 19.7. The maximum absolute atomic E-state index is 13.2. The van der Waals surface area contributed by atoms with E-state index in [2.05, 4.69) is 11.9 Å². The lowest BCUT2D eigenvalue weighted by Gasteiger charge is -2.51. The van der Waals surface area contributed by atoms with Crippen LogP contribution in [0, 0.1) is 0 Å². The standard InChI is InChI=1S/C27H28N2O5S/c1-17(2)13-20-16-35-26-23(28-22(30)14-18-7-5-4-6-8-18)25(31)29(26)24(20)27(32)34-15-19-9-11-21(33-3)12-10-19/h4-12,16,23-24,26H,1,13-15H2,2-3H3,(H,28,30)/t23-,24?,26-/m1/s1. The van der Waals surface area contributed by atoms with E-state index in [9.17, 15) is 14.4 Å². The van der Waals surface area contributed by atoms with Crippen LogP contribution in [0.1, 0.15) is 24.5 Å². The minimum atomic E-state index is -0.842. The Morgan fingerprint density at radius 3 is 2.43 bits per heavy atom. The Balaban J connectivity index is 1.44. The number of methoxy groups -OCH3 is 1. The molecule has 2 heterocycles. The number of hydrogen-bond donors (Lipinski definition) is 1. The average Bonchev–Trinajstić information content (AvgIpc) is 2.86. The Kier molecular flexibility index (Phi) is 7.60. The van der Waals surface area contributed by atoms with Gasteiger partial charge in [-0.25, -0.2) is 4.79 Å². The molecular formula is C27H28N2O5S. The van der Waals surface area contributed by atoms with Crippen molar-refractivity contribution in [2.45, 2.75) is 43.8 Å². The summed E-state index contributed by atoms with van der Waals surface area (Å²) in [4.78, 5) is 40.4. The number of carbonyl (C=O) groups is 3. The number of benzene rings is 2. The first-order valence-electron chi connectivity index (χ1n) is 11.3. The van der Waals surface area contributed by atoms with E-state index in [0.29, 0.717) is 12.2 Å². The van der Waals surface area contributed by atoms with E-state index < -0.39 is 18.1 Å². The van der Waals surface area contributed by atoms with Gasteiger partial charge in [0.05, 0.1) is 13.5 Å². The van der Waals surface area contributed by atoms with Crippen molar-refractivity contribution in [2.75, 3.05) is 7.11 Å². The number of carbonyl (C=O) groups excluding carboxylic acids is 3. The molecule has 1 N–H and O–H groups in total. The van der Waals surface area contributed by atoms with Crippen molar-refractivity contribution < 1.29 is 23.9 Å². The molecule has 2 aromatic carbocycles. The molecule has 1 saturated heterocycles. The summed E-state index contributed by atoms with van der Waals surface area (Å²) in [5, 5.41) is 4.37. The summed E-state index contributed by atoms with van der Waals surface area (Å²) < 4.78 is 10.8. The van der Waals surface area contributed by atoms with E-state index in [-0.39, 0.29) is 30.2 Å². The van der Waals surface area contributed by atoms with Gasteiger partial charge in [-0.3, -0.25) is 9.59 Å². The summed E-state index contributed by atoms with van der Waals surface area (Å²) in [7, 11) is 1.59. The summed E-state index contributed by atoms with van der Waals surface area (Å²) in [5.41, 5.74) is 3.32. The highest BCUT2D eigenvalue weighted by Gasteiger charge is 2.56. The van der Waals surface area contributed by atoms with E-state index >= 15 is 0 Å². The van der Waals surface area contributed by atoms with Crippen molar-refractivity contribution in [3.05, 3.63) is 88.9 Å². The Labute approximate surface area is 209 Å². The van der Waals surface area contributed by atoms with Gasteiger partial charge in [0.1, 0.15) is 23.8 Å². The lowest BCUT2D eigenvalue weighted by molar-refractivity contribution is -0.164. The molecule has 0 aromatic heterocycles. The molecule has 182 valence electrons. The van der Waals surface area contributed by atoms with Crippen LogP contribution in [-0.2, 0) is 32.1 Å². The van der Waals surface area contributed by atoms with Gasteiger partial charge in [0.25, 0.3) is 0 Å². The average molecular weight is 493 g/mol. The van der Waals surface area contributed by atoms with E-state index in [1.807, 2.05) is 54.8 Å². The maximum Gasteiger partial charge on any atom is 0.333 e. The first-order chi connectivity index (χ1) is 16.9. The Morgan fingerprint density at radius 2 is 1.77 bits per heavy atom. The molecule has 35 heavy (non-hydrogen) atoms. The van der Waals surface area contributed by atoms with Crippen LogP contribution in [0.4, 0.5) is 0 Å². The summed E-state index contributed by atoms with van der Waals surface area (Å²) >= 11 is 1.43. The van der Waals surface area contributed by atoms with Gasteiger partial charge in [-0.15, -0.1) is 11.8 Å². The Hall–Kier alpha value is -3.52. The fourth-order valence-corrected chi connectivity index (χ4v) is 5.38. The molecule has 4 rings (SSSR count). The smallest absolute Gasteiger partial charge is 0.333 e. The zero-order chi connectivity index (χ0) is 24.9. The number of ether oxygens (including phenoxy) is 2. The number of nitrogens with one attached hydrogen (secondary N) is 1. The summed E-state index contributed by atoms with van der Waals surface area (Å²) in [6.07, 6.45) is 0.670. The summed E-state index contributed by atoms with van der Waals surface area (Å²) in [6, 6.07) is 15.1. The van der Waals surface area contributed by atoms with Crippen molar-refractivity contribution in [1.29, 1.82) is 0 Å². The van der Waals surface area contributed by atoms with Crippen LogP contribution in [0.15, 0.2) is 77.7 Å². The van der Waals surface area contributed by atoms with Gasteiger partial charge in [-0.1, -0.05) is 54.6 Å². The molecule has 1 unspecified atom stereocenters. The second-order valence-electron chi connectivity index (χ2n) is 8.66. The lowest BCUT2D eigenvalue weighted by Crippen LogP contribution is -2.74. The fourth-order valence-electron chi connectivity index (χ4n) is 4.15. The van der Waals surface area contributed by atoms with Crippen molar-refractivity contribution in [1.82, 2.24) is 10.2 Å². The minimum Gasteiger partial charge on any atom is -0.497 e. The number of fused-ring (bicyclic) bond motifs is 1. The van der Waals surface area contributed by atoms with Crippen molar-refractivity contribution in [2.24, 2.45) is 0 Å². The lowest BCUT2D eigenvalue weighted by atomic mass is 9.94. The third kappa shape index (κ3) is 5.59. The van der Waals surface area contributed by atoms with Crippen LogP contribution < -0.4 is 10.1 Å². The highest BCUT2D eigenvalue weighted by molar-refractivity contribution is 8.02. The Morgan fingerprint density at radius 1 is 1.06 bits per heavy atom. The highest BCUT2D eigenvalue weighted by Crippen LogP contribution is 2.42. The summed E-state index contributed by atoms with van der Waals surface area (Å²) in [5.74, 6) is -0.306. The first-order valence-corrected chi connectivity index (χ1v) is 12.3. The molecule has 2 aliphatic heterocycles. The molecule has 0 radical (unpaired) electrons. The van der Waals surface area contributed by atoms with Crippen LogP contribution in [0.25, 0.3) is 0 Å². The quantitative estimate of drug-likeness (QED) is 0.327. The monoisotopic (exact) mass is 492 g/mol. The van der Waals surface area contributed by atoms with Gasteiger partial charge in [0.15, 0.2) is 6.04 Å². The van der Waals surface area contributed by atoms with Crippen molar-refractivity contribution in [3.8, 4) is 5.75 Å². The number of nitrogens with zero attached hydrogens (tertiary/aromatic N) is 1. The Bertz CT molecular complexity index is 1150. The van der Waals surface area contributed by atoms with Gasteiger partial charge in [0, 0.05) is 0 Å². The maximum atomic E-state index is 13.2. The zero-order valence-corrected chi connectivity index (χ0v) is 20.5. The van der Waals surface area contributed by atoms with E-state index in [1.165, 1.54) is 16.7 Å². The number of hydrogen-bond acceptors (Lipinski definition) is 6. The van der Waals surface area contributed by atoms with Crippen LogP contribution in [0.2, 0.25) is 0 Å². The molecule has 0 spiro atoms. The van der Waals surface area contributed by atoms with E-state index in [0.717, 1.165) is 22.3 Å². The number of esters is 1. The number of β-lactam (4-membered cyclic amide) rings is 1. The second kappa shape index (κ2) is 10.8. The SMILES string of the molecule is C=C(C)CC1=CS[C@@H]2[C@H](NC(=O)Cc3ccccc3)C(=O)N2C1C(=O)OCc1ccc(OC)cc1. The topological polar surface area (TPSA) is 84.9 Å². The van der Waals surface area contributed by atoms with Crippen molar-refractivity contribution in [3.63, 3.8) is 0 Å². The largest absolute Gasteiger partial charge is 0.497 e. The molecule has 2 amide bonds. The third-order valence-corrected chi connectivity index (χ3v) is 7.08. The molecule has 2 aromatic rings. The minimum absolute atomic E-state index is 0.0801. The van der Waals surface area contributed by atoms with E-state index in [1.54, 1.807) is 19.2 Å². The van der Waals surface area contributed by atoms with Crippen LogP contribution in [-0.4, -0.2) is 47.3 Å². The molecular weight excluding hydrogens is 464 g/mol. The molecule has 3 atom stereocenters. The molecule has 2 aliphatic rings. The number of allylic oxidation sites excluding steroid dienone is 1. The molecule has 1 fully saturated rings. The van der Waals surface area contributed by atoms with Crippen LogP contribution in [0.3, 0.4) is 0 Å². The molecule has 0 saturated carbocycles. The highest BCUT2D eigenvalue weighted by atomic mass is 32.2. The predicted octanol–water partition coefficient (Wildman–Crippen LogP) is 3.60. The van der Waals surface area contributed by atoms with Crippen LogP contribution >= 0.6 is 11.8 Å². The van der Waals surface area contributed by atoms with Gasteiger partial charge in [0.2, 0.25) is 11.8 Å².